The summed E-state index contributed by atoms with van der Waals surface area (Å²) in [4.78, 5) is 25.5. The number of carboxylic acids is 1. The molecule has 1 aliphatic carbocycles. The first kappa shape index (κ1) is 15.1. The van der Waals surface area contributed by atoms with Crippen LogP contribution in [0.5, 0.6) is 0 Å². The lowest BCUT2D eigenvalue weighted by Crippen LogP contribution is -2.62. The van der Waals surface area contributed by atoms with E-state index in [1.54, 1.807) is 25.7 Å². The lowest BCUT2D eigenvalue weighted by atomic mass is 9.63. The molecule has 2 fully saturated rings. The number of aliphatic carboxylic acids is 1. The van der Waals surface area contributed by atoms with Gasteiger partial charge in [0.25, 0.3) is 0 Å². The molecule has 2 aliphatic rings. The Morgan fingerprint density at radius 3 is 2.45 bits per heavy atom. The Hall–Kier alpha value is -1.30. The van der Waals surface area contributed by atoms with Crippen LogP contribution in [-0.4, -0.2) is 53.5 Å². The minimum absolute atomic E-state index is 0.269. The number of rotatable bonds is 2. The summed E-state index contributed by atoms with van der Waals surface area (Å²) in [5.41, 5.74) is -1.45. The Labute approximate surface area is 119 Å². The van der Waals surface area contributed by atoms with Crippen molar-refractivity contribution >= 4 is 12.1 Å². The average Bonchev–Trinajstić information content (AvgIpc) is 2.25. The molecule has 0 aromatic rings. The van der Waals surface area contributed by atoms with Crippen LogP contribution in [0.4, 0.5) is 4.79 Å². The second-order valence-electron chi connectivity index (χ2n) is 6.58. The van der Waals surface area contributed by atoms with Gasteiger partial charge in [-0.05, 0) is 33.6 Å². The summed E-state index contributed by atoms with van der Waals surface area (Å²) in [7, 11) is 0. The molecule has 6 nitrogen and oxygen atoms in total. The maximum absolute atomic E-state index is 12.3. The Balaban J connectivity index is 2.17. The van der Waals surface area contributed by atoms with Crippen LogP contribution in [0.15, 0.2) is 0 Å². The van der Waals surface area contributed by atoms with Gasteiger partial charge in [0.1, 0.15) is 5.60 Å². The highest BCUT2D eigenvalue weighted by Gasteiger charge is 2.55. The molecule has 0 spiro atoms. The van der Waals surface area contributed by atoms with Gasteiger partial charge in [0.15, 0.2) is 0 Å². The zero-order valence-electron chi connectivity index (χ0n) is 12.3. The van der Waals surface area contributed by atoms with Crippen LogP contribution >= 0.6 is 0 Å². The normalized spacial score (nSPS) is 25.8. The molecular weight excluding hydrogens is 262 g/mol. The lowest BCUT2D eigenvalue weighted by molar-refractivity contribution is -0.168. The number of morpholine rings is 1. The van der Waals surface area contributed by atoms with Crippen LogP contribution in [0, 0.1) is 5.41 Å². The minimum atomic E-state index is -0.864. The van der Waals surface area contributed by atoms with Crippen molar-refractivity contribution in [2.24, 2.45) is 5.41 Å². The van der Waals surface area contributed by atoms with Crippen LogP contribution in [0.3, 0.4) is 0 Å². The molecule has 1 saturated carbocycles. The highest BCUT2D eigenvalue weighted by atomic mass is 16.6. The third kappa shape index (κ3) is 2.75. The van der Waals surface area contributed by atoms with E-state index < -0.39 is 29.1 Å². The topological polar surface area (TPSA) is 76.1 Å². The Kier molecular flexibility index (Phi) is 3.95. The van der Waals surface area contributed by atoms with Crippen LogP contribution < -0.4 is 0 Å². The van der Waals surface area contributed by atoms with Gasteiger partial charge >= 0.3 is 12.1 Å². The van der Waals surface area contributed by atoms with Crippen LogP contribution in [0.25, 0.3) is 0 Å². The molecule has 1 saturated heterocycles. The molecular formula is C14H23NO5. The van der Waals surface area contributed by atoms with Crippen molar-refractivity contribution in [3.05, 3.63) is 0 Å². The maximum atomic E-state index is 12.3. The van der Waals surface area contributed by atoms with Gasteiger partial charge < -0.3 is 14.6 Å². The SMILES string of the molecule is CC(C)(C)OC(=O)N1CCOCC1C1(C(=O)O)CCC1. The summed E-state index contributed by atoms with van der Waals surface area (Å²) in [5, 5.41) is 9.53. The van der Waals surface area contributed by atoms with Crippen molar-refractivity contribution in [2.45, 2.75) is 51.7 Å². The number of carboxylic acid groups (broad SMARTS) is 1. The maximum Gasteiger partial charge on any atom is 0.410 e. The van der Waals surface area contributed by atoms with Crippen molar-refractivity contribution in [2.75, 3.05) is 19.8 Å². The summed E-state index contributed by atoms with van der Waals surface area (Å²) in [5.74, 6) is -0.840. The molecule has 0 bridgehead atoms. The molecule has 1 unspecified atom stereocenters. The number of hydrogen-bond donors (Lipinski definition) is 1. The third-order valence-corrected chi connectivity index (χ3v) is 4.07. The summed E-state index contributed by atoms with van der Waals surface area (Å²) in [6.45, 7) is 6.48. The van der Waals surface area contributed by atoms with Crippen molar-refractivity contribution in [1.82, 2.24) is 4.90 Å². The number of carbonyl (C=O) groups is 2. The van der Waals surface area contributed by atoms with Crippen molar-refractivity contribution in [1.29, 1.82) is 0 Å². The monoisotopic (exact) mass is 285 g/mol. The van der Waals surface area contributed by atoms with Gasteiger partial charge in [-0.1, -0.05) is 6.42 Å². The minimum Gasteiger partial charge on any atom is -0.481 e. The van der Waals surface area contributed by atoms with E-state index in [9.17, 15) is 14.7 Å². The van der Waals surface area contributed by atoms with E-state index in [1.807, 2.05) is 0 Å². The van der Waals surface area contributed by atoms with Crippen molar-refractivity contribution in [3.8, 4) is 0 Å². The number of nitrogens with zero attached hydrogens (tertiary/aromatic N) is 1. The van der Waals surface area contributed by atoms with Gasteiger partial charge in [0.05, 0.1) is 24.7 Å². The fourth-order valence-electron chi connectivity index (χ4n) is 2.85. The summed E-state index contributed by atoms with van der Waals surface area (Å²) < 4.78 is 10.8. The van der Waals surface area contributed by atoms with Gasteiger partial charge in [-0.25, -0.2) is 4.79 Å². The molecule has 20 heavy (non-hydrogen) atoms. The van der Waals surface area contributed by atoms with Crippen LogP contribution in [0.1, 0.15) is 40.0 Å². The molecule has 2 rings (SSSR count). The molecule has 1 aliphatic heterocycles. The molecule has 1 N–H and O–H groups in total. The van der Waals surface area contributed by atoms with E-state index in [-0.39, 0.29) is 6.61 Å². The zero-order chi connectivity index (χ0) is 15.0. The van der Waals surface area contributed by atoms with Crippen LogP contribution in [0.2, 0.25) is 0 Å². The van der Waals surface area contributed by atoms with Gasteiger partial charge in [-0.2, -0.15) is 0 Å². The predicted octanol–water partition coefficient (Wildman–Crippen LogP) is 1.88. The molecule has 6 heteroatoms. The van der Waals surface area contributed by atoms with E-state index in [4.69, 9.17) is 9.47 Å². The number of carbonyl (C=O) groups excluding carboxylic acids is 1. The fourth-order valence-corrected chi connectivity index (χ4v) is 2.85. The highest BCUT2D eigenvalue weighted by molar-refractivity contribution is 5.78. The molecule has 0 radical (unpaired) electrons. The summed E-state index contributed by atoms with van der Waals surface area (Å²) >= 11 is 0. The number of amides is 1. The third-order valence-electron chi connectivity index (χ3n) is 4.07. The van der Waals surface area contributed by atoms with Gasteiger partial charge in [0.2, 0.25) is 0 Å². The summed E-state index contributed by atoms with van der Waals surface area (Å²) in [6, 6.07) is -0.433. The first-order valence-electron chi connectivity index (χ1n) is 7.07. The molecule has 1 heterocycles. The Bertz CT molecular complexity index is 397. The van der Waals surface area contributed by atoms with E-state index in [1.165, 1.54) is 0 Å². The predicted molar refractivity (Wildman–Crippen MR) is 71.5 cm³/mol. The number of ether oxygens (including phenoxy) is 2. The quantitative estimate of drug-likeness (QED) is 0.838. The van der Waals surface area contributed by atoms with Crippen molar-refractivity contribution < 1.29 is 24.2 Å². The van der Waals surface area contributed by atoms with E-state index >= 15 is 0 Å². The number of hydrogen-bond acceptors (Lipinski definition) is 4. The average molecular weight is 285 g/mol. The molecule has 114 valence electrons. The zero-order valence-corrected chi connectivity index (χ0v) is 12.3. The molecule has 1 amide bonds. The Morgan fingerprint density at radius 1 is 1.35 bits per heavy atom. The van der Waals surface area contributed by atoms with Gasteiger partial charge in [0, 0.05) is 6.54 Å². The molecule has 0 aromatic carbocycles. The fraction of sp³-hybridized carbons (Fsp3) is 0.857. The van der Waals surface area contributed by atoms with Gasteiger partial charge in [-0.3, -0.25) is 9.69 Å². The highest BCUT2D eigenvalue weighted by Crippen LogP contribution is 2.47. The van der Waals surface area contributed by atoms with Crippen LogP contribution in [-0.2, 0) is 14.3 Å². The smallest absolute Gasteiger partial charge is 0.410 e. The first-order valence-corrected chi connectivity index (χ1v) is 7.07. The second-order valence-corrected chi connectivity index (χ2v) is 6.58. The van der Waals surface area contributed by atoms with Gasteiger partial charge in [-0.15, -0.1) is 0 Å². The lowest BCUT2D eigenvalue weighted by Gasteiger charge is -2.49. The standard InChI is InChI=1S/C14H23NO5/c1-13(2,3)20-12(18)15-7-8-19-9-10(15)14(11(16)17)5-4-6-14/h10H,4-9H2,1-3H3,(H,16,17). The van der Waals surface area contributed by atoms with E-state index in [0.29, 0.717) is 26.0 Å². The van der Waals surface area contributed by atoms with E-state index in [0.717, 1.165) is 6.42 Å². The largest absolute Gasteiger partial charge is 0.481 e. The van der Waals surface area contributed by atoms with Crippen molar-refractivity contribution in [3.63, 3.8) is 0 Å². The Morgan fingerprint density at radius 2 is 2.00 bits per heavy atom. The molecule has 1 atom stereocenters. The first-order chi connectivity index (χ1) is 9.26. The second kappa shape index (κ2) is 5.24. The van der Waals surface area contributed by atoms with E-state index in [2.05, 4.69) is 0 Å². The summed E-state index contributed by atoms with van der Waals surface area (Å²) in [6.07, 6.45) is 1.62. The molecule has 0 aromatic heterocycles.